The molecule has 0 amide bonds. The van der Waals surface area contributed by atoms with Gasteiger partial charge in [0.05, 0.1) is 18.8 Å². The van der Waals surface area contributed by atoms with Gasteiger partial charge in [-0.25, -0.2) is 0 Å². The molecule has 2 N–H and O–H groups in total. The zero-order chi connectivity index (χ0) is 15.2. The second-order valence-electron chi connectivity index (χ2n) is 7.33. The highest BCUT2D eigenvalue weighted by Crippen LogP contribution is 2.27. The van der Waals surface area contributed by atoms with Crippen LogP contribution in [0.15, 0.2) is 0 Å². The molecule has 4 unspecified atom stereocenters. The molecule has 2 aliphatic rings. The van der Waals surface area contributed by atoms with Crippen molar-refractivity contribution >= 4 is 0 Å². The number of piperidine rings is 1. The van der Waals surface area contributed by atoms with E-state index in [-0.39, 0.29) is 6.10 Å². The van der Waals surface area contributed by atoms with Gasteiger partial charge < -0.3 is 15.2 Å². The second-order valence-corrected chi connectivity index (χ2v) is 7.33. The van der Waals surface area contributed by atoms with E-state index in [2.05, 4.69) is 31.0 Å². The van der Waals surface area contributed by atoms with Crippen LogP contribution in [0.4, 0.5) is 0 Å². The molecule has 0 aromatic rings. The minimum Gasteiger partial charge on any atom is -0.389 e. The van der Waals surface area contributed by atoms with Crippen molar-refractivity contribution in [2.24, 2.45) is 5.92 Å². The van der Waals surface area contributed by atoms with Gasteiger partial charge in [-0.05, 0) is 45.1 Å². The molecule has 2 aliphatic heterocycles. The molecule has 2 fully saturated rings. The molecular weight excluding hydrogens is 264 g/mol. The number of aliphatic hydroxyl groups excluding tert-OH is 1. The van der Waals surface area contributed by atoms with E-state index in [0.29, 0.717) is 31.2 Å². The lowest BCUT2D eigenvalue weighted by Crippen LogP contribution is -2.47. The summed E-state index contributed by atoms with van der Waals surface area (Å²) >= 11 is 0. The van der Waals surface area contributed by atoms with Crippen LogP contribution in [0.2, 0.25) is 0 Å². The Morgan fingerprint density at radius 2 is 2.00 bits per heavy atom. The average Bonchev–Trinajstić information content (AvgIpc) is 2.85. The van der Waals surface area contributed by atoms with Gasteiger partial charge in [0.15, 0.2) is 0 Å². The van der Waals surface area contributed by atoms with E-state index in [1.165, 1.54) is 38.8 Å². The Kier molecular flexibility index (Phi) is 6.93. The molecular formula is C17H34N2O2. The molecule has 2 saturated heterocycles. The van der Waals surface area contributed by atoms with E-state index in [1.807, 2.05) is 0 Å². The topological polar surface area (TPSA) is 44.7 Å². The Morgan fingerprint density at radius 3 is 2.76 bits per heavy atom. The van der Waals surface area contributed by atoms with Crippen molar-refractivity contribution in [2.45, 2.75) is 77.2 Å². The van der Waals surface area contributed by atoms with Crippen molar-refractivity contribution in [3.63, 3.8) is 0 Å². The molecule has 21 heavy (non-hydrogen) atoms. The van der Waals surface area contributed by atoms with Crippen LogP contribution in [-0.2, 0) is 4.74 Å². The molecule has 124 valence electrons. The first kappa shape index (κ1) is 17.2. The van der Waals surface area contributed by atoms with Gasteiger partial charge in [-0.3, -0.25) is 4.90 Å². The first-order chi connectivity index (χ1) is 10.1. The van der Waals surface area contributed by atoms with Gasteiger partial charge in [-0.1, -0.05) is 20.3 Å². The number of ether oxygens (including phenoxy) is 1. The Balaban J connectivity index is 1.61. The number of fused-ring (bicyclic) bond motifs is 1. The highest BCUT2D eigenvalue weighted by molar-refractivity contribution is 4.94. The van der Waals surface area contributed by atoms with E-state index in [0.717, 1.165) is 6.42 Å². The Hall–Kier alpha value is -0.160. The maximum absolute atomic E-state index is 10.1. The Morgan fingerprint density at radius 1 is 1.19 bits per heavy atom. The lowest BCUT2D eigenvalue weighted by molar-refractivity contribution is -0.00972. The maximum Gasteiger partial charge on any atom is 0.0897 e. The third-order valence-corrected chi connectivity index (χ3v) is 4.85. The van der Waals surface area contributed by atoms with Gasteiger partial charge in [0.1, 0.15) is 0 Å². The Labute approximate surface area is 130 Å². The molecule has 0 bridgehead atoms. The lowest BCUT2D eigenvalue weighted by atomic mass is 9.99. The predicted molar refractivity (Wildman–Crippen MR) is 86.5 cm³/mol. The van der Waals surface area contributed by atoms with Gasteiger partial charge in [-0.15, -0.1) is 0 Å². The van der Waals surface area contributed by atoms with Crippen LogP contribution < -0.4 is 5.32 Å². The molecule has 0 aliphatic carbocycles. The standard InChI is InChI=1S/C17H34N2O2/c1-13(2)10-14(3)21-12-15(20)11-18-16-7-9-19-8-5-4-6-17(16)19/h13-18,20H,4-12H2,1-3H3. The van der Waals surface area contributed by atoms with Crippen molar-refractivity contribution in [3.05, 3.63) is 0 Å². The molecule has 0 spiro atoms. The van der Waals surface area contributed by atoms with Crippen molar-refractivity contribution in [1.82, 2.24) is 10.2 Å². The molecule has 2 heterocycles. The van der Waals surface area contributed by atoms with Crippen LogP contribution in [0.1, 0.15) is 52.9 Å². The van der Waals surface area contributed by atoms with E-state index in [1.54, 1.807) is 0 Å². The molecule has 4 atom stereocenters. The Bertz CT molecular complexity index is 299. The third kappa shape index (κ3) is 5.51. The third-order valence-electron chi connectivity index (χ3n) is 4.85. The summed E-state index contributed by atoms with van der Waals surface area (Å²) in [5.41, 5.74) is 0. The summed E-state index contributed by atoms with van der Waals surface area (Å²) in [6, 6.07) is 1.26. The number of aliphatic hydroxyl groups is 1. The van der Waals surface area contributed by atoms with E-state index in [4.69, 9.17) is 4.74 Å². The van der Waals surface area contributed by atoms with Crippen LogP contribution in [0.3, 0.4) is 0 Å². The van der Waals surface area contributed by atoms with E-state index in [9.17, 15) is 5.11 Å². The number of rotatable bonds is 8. The molecule has 0 radical (unpaired) electrons. The molecule has 0 aromatic carbocycles. The van der Waals surface area contributed by atoms with Crippen molar-refractivity contribution in [1.29, 1.82) is 0 Å². The minimum atomic E-state index is -0.391. The van der Waals surface area contributed by atoms with Crippen LogP contribution in [0.25, 0.3) is 0 Å². The quantitative estimate of drug-likeness (QED) is 0.719. The normalized spacial score (nSPS) is 29.6. The maximum atomic E-state index is 10.1. The molecule has 4 nitrogen and oxygen atoms in total. The minimum absolute atomic E-state index is 0.236. The monoisotopic (exact) mass is 298 g/mol. The van der Waals surface area contributed by atoms with E-state index < -0.39 is 6.10 Å². The molecule has 4 heteroatoms. The van der Waals surface area contributed by atoms with Crippen LogP contribution in [0.5, 0.6) is 0 Å². The van der Waals surface area contributed by atoms with Crippen molar-refractivity contribution in [2.75, 3.05) is 26.2 Å². The SMILES string of the molecule is CC(C)CC(C)OCC(O)CNC1CCN2CCCCC12. The summed E-state index contributed by atoms with van der Waals surface area (Å²) in [6.07, 6.45) is 6.15. The summed E-state index contributed by atoms with van der Waals surface area (Å²) in [6.45, 7) is 10.1. The smallest absolute Gasteiger partial charge is 0.0897 e. The lowest BCUT2D eigenvalue weighted by Gasteiger charge is -2.33. The van der Waals surface area contributed by atoms with Crippen LogP contribution in [0, 0.1) is 5.92 Å². The number of hydrogen-bond acceptors (Lipinski definition) is 4. The first-order valence-electron chi connectivity index (χ1n) is 8.83. The zero-order valence-corrected chi connectivity index (χ0v) is 14.1. The fourth-order valence-electron chi connectivity index (χ4n) is 3.84. The average molecular weight is 298 g/mol. The zero-order valence-electron chi connectivity index (χ0n) is 14.1. The molecule has 2 rings (SSSR count). The van der Waals surface area contributed by atoms with Gasteiger partial charge in [0.2, 0.25) is 0 Å². The van der Waals surface area contributed by atoms with Gasteiger partial charge in [0.25, 0.3) is 0 Å². The summed E-state index contributed by atoms with van der Waals surface area (Å²) < 4.78 is 5.74. The predicted octanol–water partition coefficient (Wildman–Crippen LogP) is 2.01. The van der Waals surface area contributed by atoms with Gasteiger partial charge in [0, 0.05) is 25.2 Å². The van der Waals surface area contributed by atoms with Crippen LogP contribution in [-0.4, -0.2) is 60.5 Å². The summed E-state index contributed by atoms with van der Waals surface area (Å²) in [4.78, 5) is 2.62. The molecule has 0 saturated carbocycles. The highest BCUT2D eigenvalue weighted by Gasteiger charge is 2.35. The summed E-state index contributed by atoms with van der Waals surface area (Å²) in [5, 5.41) is 13.7. The summed E-state index contributed by atoms with van der Waals surface area (Å²) in [5.74, 6) is 0.644. The van der Waals surface area contributed by atoms with Gasteiger partial charge >= 0.3 is 0 Å². The molecule has 0 aromatic heterocycles. The van der Waals surface area contributed by atoms with E-state index >= 15 is 0 Å². The highest BCUT2D eigenvalue weighted by atomic mass is 16.5. The number of nitrogens with one attached hydrogen (secondary N) is 1. The second kappa shape index (κ2) is 8.47. The van der Waals surface area contributed by atoms with Crippen LogP contribution >= 0.6 is 0 Å². The fourth-order valence-corrected chi connectivity index (χ4v) is 3.84. The number of hydrogen-bond donors (Lipinski definition) is 2. The van der Waals surface area contributed by atoms with Gasteiger partial charge in [-0.2, -0.15) is 0 Å². The fraction of sp³-hybridized carbons (Fsp3) is 1.00. The largest absolute Gasteiger partial charge is 0.389 e. The first-order valence-corrected chi connectivity index (χ1v) is 8.83. The summed E-state index contributed by atoms with van der Waals surface area (Å²) in [7, 11) is 0. The van der Waals surface area contributed by atoms with Crippen molar-refractivity contribution < 1.29 is 9.84 Å². The van der Waals surface area contributed by atoms with Crippen molar-refractivity contribution in [3.8, 4) is 0 Å². The number of nitrogens with zero attached hydrogens (tertiary/aromatic N) is 1.